The molecular formula is C3H8AlNO4S. The first-order chi connectivity index (χ1) is 3.91. The lowest BCUT2D eigenvalue weighted by Crippen LogP contribution is -1.89. The topological polar surface area (TPSA) is 98.4 Å². The van der Waals surface area contributed by atoms with Gasteiger partial charge in [0.15, 0.2) is 17.4 Å². The van der Waals surface area contributed by atoms with Gasteiger partial charge in [0.05, 0.1) is 6.07 Å². The number of hydrogen-bond donors (Lipinski definition) is 2. The van der Waals surface area contributed by atoms with E-state index >= 15 is 0 Å². The summed E-state index contributed by atoms with van der Waals surface area (Å²) in [5.74, 6) is 0. The molecule has 0 spiro atoms. The molecule has 0 aliphatic carbocycles. The molecule has 0 saturated heterocycles. The normalized spacial score (nSPS) is 7.30. The summed E-state index contributed by atoms with van der Waals surface area (Å²) in [6, 6.07) is 1.69. The molecule has 0 fully saturated rings. The second-order valence-corrected chi connectivity index (χ2v) is 1.68. The summed E-state index contributed by atoms with van der Waals surface area (Å²) >= 11 is 0. The maximum atomic E-state index is 8.74. The van der Waals surface area contributed by atoms with Gasteiger partial charge in [-0.15, -0.1) is 0 Å². The highest BCUT2D eigenvalue weighted by atomic mass is 32.3. The molecule has 0 aromatic heterocycles. The molecule has 0 bridgehead atoms. The molecule has 0 saturated carbocycles. The quantitative estimate of drug-likeness (QED) is 0.279. The van der Waals surface area contributed by atoms with E-state index < -0.39 is 10.4 Å². The van der Waals surface area contributed by atoms with Gasteiger partial charge in [-0.3, -0.25) is 9.11 Å². The summed E-state index contributed by atoms with van der Waals surface area (Å²) in [5.41, 5.74) is 0. The lowest BCUT2D eigenvalue weighted by molar-refractivity contribution is 0.381. The third-order valence-electron chi connectivity index (χ3n) is 0.0913. The lowest BCUT2D eigenvalue weighted by Gasteiger charge is -1.68. The van der Waals surface area contributed by atoms with E-state index in [4.69, 9.17) is 22.8 Å². The molecule has 10 heavy (non-hydrogen) atoms. The van der Waals surface area contributed by atoms with Crippen LogP contribution in [0, 0.1) is 11.3 Å². The molecule has 0 atom stereocenters. The van der Waals surface area contributed by atoms with Crippen molar-refractivity contribution in [1.29, 1.82) is 5.26 Å². The van der Waals surface area contributed by atoms with Gasteiger partial charge in [0, 0.05) is 6.08 Å². The SMILES string of the molecule is C=CC#N.O=S(=O)(O)O.[AlH3]. The highest BCUT2D eigenvalue weighted by Crippen LogP contribution is 1.59. The van der Waals surface area contributed by atoms with Crippen LogP contribution in [0.5, 0.6) is 0 Å². The Balaban J connectivity index is -0.0000000910. The van der Waals surface area contributed by atoms with Crippen molar-refractivity contribution in [3.8, 4) is 6.07 Å². The maximum Gasteiger partial charge on any atom is 0.394 e. The zero-order valence-corrected chi connectivity index (χ0v) is 5.17. The molecule has 0 aromatic rings. The van der Waals surface area contributed by atoms with Crippen molar-refractivity contribution in [3.05, 3.63) is 12.7 Å². The van der Waals surface area contributed by atoms with E-state index in [1.807, 2.05) is 0 Å². The van der Waals surface area contributed by atoms with Crippen molar-refractivity contribution in [3.63, 3.8) is 0 Å². The van der Waals surface area contributed by atoms with Crippen LogP contribution in [0.2, 0.25) is 0 Å². The Labute approximate surface area is 69.7 Å². The molecule has 0 amide bonds. The average molecular weight is 181 g/mol. The Bertz CT molecular complexity index is 195. The molecule has 5 nitrogen and oxygen atoms in total. The molecule has 0 heterocycles. The number of nitriles is 1. The minimum atomic E-state index is -4.67. The summed E-state index contributed by atoms with van der Waals surface area (Å²) in [5, 5.41) is 7.51. The van der Waals surface area contributed by atoms with Crippen molar-refractivity contribution < 1.29 is 17.5 Å². The number of nitrogens with zero attached hydrogens (tertiary/aromatic N) is 1. The van der Waals surface area contributed by atoms with Gasteiger partial charge in [0.1, 0.15) is 0 Å². The Morgan fingerprint density at radius 3 is 1.60 bits per heavy atom. The Kier molecular flexibility index (Phi) is 14.1. The second-order valence-electron chi connectivity index (χ2n) is 0.781. The molecule has 0 aliphatic heterocycles. The lowest BCUT2D eigenvalue weighted by atomic mass is 10.8. The Hall–Kier alpha value is -0.368. The first-order valence-electron chi connectivity index (χ1n) is 1.62. The molecule has 2 N–H and O–H groups in total. The van der Waals surface area contributed by atoms with Gasteiger partial charge >= 0.3 is 10.4 Å². The highest BCUT2D eigenvalue weighted by molar-refractivity contribution is 7.79. The molecule has 0 aromatic carbocycles. The van der Waals surface area contributed by atoms with Crippen LogP contribution in [-0.2, 0) is 10.4 Å². The highest BCUT2D eigenvalue weighted by Gasteiger charge is 1.84. The third kappa shape index (κ3) is 839. The summed E-state index contributed by atoms with van der Waals surface area (Å²) in [4.78, 5) is 0. The molecule has 0 unspecified atom stereocenters. The second kappa shape index (κ2) is 8.63. The minimum absolute atomic E-state index is 0. The van der Waals surface area contributed by atoms with Gasteiger partial charge in [0.2, 0.25) is 0 Å². The van der Waals surface area contributed by atoms with Crippen LogP contribution in [0.25, 0.3) is 0 Å². The van der Waals surface area contributed by atoms with Crippen LogP contribution in [-0.4, -0.2) is 34.9 Å². The van der Waals surface area contributed by atoms with E-state index in [9.17, 15) is 0 Å². The van der Waals surface area contributed by atoms with Crippen molar-refractivity contribution in [1.82, 2.24) is 0 Å². The van der Waals surface area contributed by atoms with Gasteiger partial charge in [-0.05, 0) is 0 Å². The van der Waals surface area contributed by atoms with E-state index in [-0.39, 0.29) is 17.4 Å². The Morgan fingerprint density at radius 2 is 1.60 bits per heavy atom. The fourth-order valence-corrected chi connectivity index (χ4v) is 0. The zero-order valence-electron chi connectivity index (χ0n) is 4.35. The molecule has 0 rings (SSSR count). The molecule has 0 aliphatic rings. The number of allylic oxidation sites excluding steroid dienone is 1. The predicted octanol–water partition coefficient (Wildman–Crippen LogP) is -1.14. The van der Waals surface area contributed by atoms with Crippen molar-refractivity contribution in [2.24, 2.45) is 0 Å². The van der Waals surface area contributed by atoms with E-state index in [0.717, 1.165) is 0 Å². The van der Waals surface area contributed by atoms with Crippen LogP contribution in [0.15, 0.2) is 12.7 Å². The largest absolute Gasteiger partial charge is 0.394 e. The van der Waals surface area contributed by atoms with Gasteiger partial charge < -0.3 is 0 Å². The maximum absolute atomic E-state index is 8.74. The van der Waals surface area contributed by atoms with Crippen molar-refractivity contribution in [2.75, 3.05) is 0 Å². The molecular weight excluding hydrogens is 173 g/mol. The van der Waals surface area contributed by atoms with Crippen molar-refractivity contribution in [2.45, 2.75) is 0 Å². The van der Waals surface area contributed by atoms with E-state index in [1.165, 1.54) is 6.08 Å². The van der Waals surface area contributed by atoms with Crippen LogP contribution < -0.4 is 0 Å². The number of hydrogen-bond acceptors (Lipinski definition) is 3. The van der Waals surface area contributed by atoms with Crippen LogP contribution in [0.4, 0.5) is 0 Å². The van der Waals surface area contributed by atoms with E-state index in [0.29, 0.717) is 0 Å². The summed E-state index contributed by atoms with van der Waals surface area (Å²) in [6.07, 6.45) is 1.18. The molecule has 58 valence electrons. The standard InChI is InChI=1S/C3H3N.Al.H2O4S.3H/c1-2-3-4;;1-5(2,3)4;;;/h2H,1H2;;(H2,1,2,3,4);;;. The average Bonchev–Trinajstić information content (AvgIpc) is 1.61. The fourth-order valence-electron chi connectivity index (χ4n) is 0. The van der Waals surface area contributed by atoms with Crippen LogP contribution in [0.3, 0.4) is 0 Å². The Morgan fingerprint density at radius 1 is 1.50 bits per heavy atom. The van der Waals surface area contributed by atoms with E-state index in [1.54, 1.807) is 6.07 Å². The van der Waals surface area contributed by atoms with Gasteiger partial charge in [0.25, 0.3) is 0 Å². The number of rotatable bonds is 0. The van der Waals surface area contributed by atoms with Crippen LogP contribution >= 0.6 is 0 Å². The van der Waals surface area contributed by atoms with Crippen molar-refractivity contribution >= 4 is 27.8 Å². The summed E-state index contributed by atoms with van der Waals surface area (Å²) in [6.45, 7) is 3.12. The summed E-state index contributed by atoms with van der Waals surface area (Å²) < 4.78 is 31.6. The van der Waals surface area contributed by atoms with Crippen LogP contribution in [0.1, 0.15) is 0 Å². The smallest absolute Gasteiger partial charge is 0.264 e. The van der Waals surface area contributed by atoms with Gasteiger partial charge in [-0.1, -0.05) is 6.58 Å². The van der Waals surface area contributed by atoms with E-state index in [2.05, 4.69) is 6.58 Å². The monoisotopic (exact) mass is 181 g/mol. The molecule has 0 radical (unpaired) electrons. The van der Waals surface area contributed by atoms with Gasteiger partial charge in [-0.2, -0.15) is 13.7 Å². The molecule has 7 heteroatoms. The van der Waals surface area contributed by atoms with Gasteiger partial charge in [-0.25, -0.2) is 0 Å². The third-order valence-corrected chi connectivity index (χ3v) is 0.0913. The first-order valence-corrected chi connectivity index (χ1v) is 3.02. The summed E-state index contributed by atoms with van der Waals surface area (Å²) in [7, 11) is -4.67. The first kappa shape index (κ1) is 16.3. The predicted molar refractivity (Wildman–Crippen MR) is 39.9 cm³/mol. The minimum Gasteiger partial charge on any atom is -0.264 e. The fraction of sp³-hybridized carbons (Fsp3) is 0. The zero-order chi connectivity index (χ0) is 7.91.